The molecule has 0 aromatic heterocycles. The lowest BCUT2D eigenvalue weighted by Crippen LogP contribution is -2.35. The van der Waals surface area contributed by atoms with E-state index in [2.05, 4.69) is 4.98 Å². The maximum Gasteiger partial charge on any atom is 0.224 e. The summed E-state index contributed by atoms with van der Waals surface area (Å²) in [7, 11) is -0.841. The molecule has 0 unspecified atom stereocenters. The van der Waals surface area contributed by atoms with Crippen LogP contribution in [0.15, 0.2) is 0 Å². The number of hydrogen-bond donors (Lipinski definition) is 1. The molecule has 0 saturated heterocycles. The third-order valence-electron chi connectivity index (χ3n) is 0.909. The molecule has 0 aromatic rings. The number of nitrogens with one attached hydrogen (secondary N) is 1. The largest absolute Gasteiger partial charge is 0.373 e. The predicted molar refractivity (Wildman–Crippen MR) is 42.0 cm³/mol. The SMILES string of the molecule is CC(C)(C)C(=O)N[SiH2]Cl. The Morgan fingerprint density at radius 3 is 2.11 bits per heavy atom. The van der Waals surface area contributed by atoms with Crippen LogP contribution in [-0.2, 0) is 4.79 Å². The summed E-state index contributed by atoms with van der Waals surface area (Å²) in [5, 5.41) is 0. The minimum atomic E-state index is -0.841. The van der Waals surface area contributed by atoms with Gasteiger partial charge in [-0.25, -0.2) is 0 Å². The summed E-state index contributed by atoms with van der Waals surface area (Å²) >= 11 is 5.41. The maximum absolute atomic E-state index is 10.9. The van der Waals surface area contributed by atoms with E-state index in [4.69, 9.17) is 11.1 Å². The standard InChI is InChI=1S/C5H12ClNOSi/c1-5(2,3)4(8)7-9-6/h9H2,1-3H3,(H,7,8). The zero-order valence-corrected chi connectivity index (χ0v) is 8.16. The van der Waals surface area contributed by atoms with Gasteiger partial charge in [0.15, 0.2) is 0 Å². The van der Waals surface area contributed by atoms with Gasteiger partial charge in [-0.2, -0.15) is 0 Å². The molecule has 0 spiro atoms. The maximum atomic E-state index is 10.9. The minimum absolute atomic E-state index is 0.0455. The van der Waals surface area contributed by atoms with Crippen LogP contribution in [0, 0.1) is 5.41 Å². The van der Waals surface area contributed by atoms with Gasteiger partial charge in [0.25, 0.3) is 0 Å². The fourth-order valence-corrected chi connectivity index (χ4v) is 1.34. The molecule has 0 aliphatic carbocycles. The normalized spacial score (nSPS) is 12.4. The monoisotopic (exact) mass is 165 g/mol. The Bertz CT molecular complexity index is 110. The number of amides is 1. The summed E-state index contributed by atoms with van der Waals surface area (Å²) in [6, 6.07) is 0. The second-order valence-electron chi connectivity index (χ2n) is 2.89. The van der Waals surface area contributed by atoms with Crippen LogP contribution in [0.3, 0.4) is 0 Å². The van der Waals surface area contributed by atoms with Gasteiger partial charge in [-0.1, -0.05) is 20.8 Å². The predicted octanol–water partition coefficient (Wildman–Crippen LogP) is 0.386. The fraction of sp³-hybridized carbons (Fsp3) is 0.800. The number of carbonyl (C=O) groups is 1. The first-order valence-electron chi connectivity index (χ1n) is 2.82. The molecule has 0 aliphatic rings. The van der Waals surface area contributed by atoms with E-state index >= 15 is 0 Å². The van der Waals surface area contributed by atoms with Crippen LogP contribution in [0.4, 0.5) is 0 Å². The molecule has 0 rings (SSSR count). The summed E-state index contributed by atoms with van der Waals surface area (Å²) in [6.07, 6.45) is 0. The van der Waals surface area contributed by atoms with E-state index in [1.54, 1.807) is 0 Å². The molecule has 0 heterocycles. The Morgan fingerprint density at radius 1 is 1.56 bits per heavy atom. The highest BCUT2D eigenvalue weighted by Gasteiger charge is 2.19. The molecule has 2 nitrogen and oxygen atoms in total. The molecule has 0 aliphatic heterocycles. The third kappa shape index (κ3) is 3.54. The van der Waals surface area contributed by atoms with Crippen LogP contribution >= 0.6 is 11.1 Å². The molecular formula is C5H12ClNOSi. The lowest BCUT2D eigenvalue weighted by molar-refractivity contribution is -0.126. The number of halogens is 1. The average molecular weight is 166 g/mol. The molecule has 0 fully saturated rings. The average Bonchev–Trinajstić information content (AvgIpc) is 1.64. The van der Waals surface area contributed by atoms with E-state index in [1.807, 2.05) is 20.8 Å². The molecule has 1 amide bonds. The summed E-state index contributed by atoms with van der Waals surface area (Å²) in [4.78, 5) is 13.6. The van der Waals surface area contributed by atoms with E-state index in [9.17, 15) is 4.79 Å². The topological polar surface area (TPSA) is 29.1 Å². The number of hydrogen-bond acceptors (Lipinski definition) is 1. The Labute approximate surface area is 62.6 Å². The molecule has 0 aromatic carbocycles. The van der Waals surface area contributed by atoms with Gasteiger partial charge in [-0.05, 0) is 0 Å². The molecule has 9 heavy (non-hydrogen) atoms. The Kier molecular flexibility index (Phi) is 3.21. The lowest BCUT2D eigenvalue weighted by atomic mass is 9.96. The zero-order chi connectivity index (χ0) is 7.49. The van der Waals surface area contributed by atoms with Crippen molar-refractivity contribution in [2.24, 2.45) is 5.41 Å². The van der Waals surface area contributed by atoms with Crippen molar-refractivity contribution in [3.05, 3.63) is 0 Å². The van der Waals surface area contributed by atoms with Crippen LogP contribution in [0.2, 0.25) is 0 Å². The van der Waals surface area contributed by atoms with Gasteiger partial charge in [-0.15, -0.1) is 11.1 Å². The number of rotatable bonds is 1. The molecule has 4 heteroatoms. The van der Waals surface area contributed by atoms with Crippen molar-refractivity contribution in [3.8, 4) is 0 Å². The van der Waals surface area contributed by atoms with E-state index in [1.165, 1.54) is 0 Å². The quantitative estimate of drug-likeness (QED) is 0.442. The zero-order valence-electron chi connectivity index (χ0n) is 5.99. The van der Waals surface area contributed by atoms with E-state index < -0.39 is 8.99 Å². The second kappa shape index (κ2) is 3.22. The van der Waals surface area contributed by atoms with E-state index in [-0.39, 0.29) is 11.3 Å². The Balaban J connectivity index is 3.74. The van der Waals surface area contributed by atoms with Crippen LogP contribution < -0.4 is 4.98 Å². The molecule has 0 saturated carbocycles. The van der Waals surface area contributed by atoms with Crippen LogP contribution in [-0.4, -0.2) is 14.9 Å². The molecule has 54 valence electrons. The van der Waals surface area contributed by atoms with Crippen molar-refractivity contribution < 1.29 is 4.79 Å². The van der Waals surface area contributed by atoms with Crippen molar-refractivity contribution >= 4 is 26.0 Å². The van der Waals surface area contributed by atoms with Crippen molar-refractivity contribution in [1.82, 2.24) is 4.98 Å². The molecular weight excluding hydrogens is 154 g/mol. The van der Waals surface area contributed by atoms with E-state index in [0.29, 0.717) is 0 Å². The van der Waals surface area contributed by atoms with Gasteiger partial charge in [0.05, 0.1) is 0 Å². The summed E-state index contributed by atoms with van der Waals surface area (Å²) < 4.78 is 0. The van der Waals surface area contributed by atoms with Gasteiger partial charge in [0.2, 0.25) is 14.9 Å². The van der Waals surface area contributed by atoms with Gasteiger partial charge in [-0.3, -0.25) is 4.79 Å². The molecule has 0 atom stereocenters. The summed E-state index contributed by atoms with van der Waals surface area (Å²) in [5.74, 6) is 0.0455. The Morgan fingerprint density at radius 2 is 2.00 bits per heavy atom. The highest BCUT2D eigenvalue weighted by atomic mass is 35.6. The second-order valence-corrected chi connectivity index (χ2v) is 4.31. The van der Waals surface area contributed by atoms with Gasteiger partial charge < -0.3 is 4.98 Å². The first-order chi connectivity index (χ1) is 3.98. The van der Waals surface area contributed by atoms with Crippen LogP contribution in [0.5, 0.6) is 0 Å². The van der Waals surface area contributed by atoms with Crippen LogP contribution in [0.1, 0.15) is 20.8 Å². The first-order valence-corrected chi connectivity index (χ1v) is 5.67. The minimum Gasteiger partial charge on any atom is -0.373 e. The van der Waals surface area contributed by atoms with E-state index in [0.717, 1.165) is 0 Å². The van der Waals surface area contributed by atoms with Gasteiger partial charge >= 0.3 is 0 Å². The summed E-state index contributed by atoms with van der Waals surface area (Å²) in [5.41, 5.74) is -0.290. The molecule has 1 N–H and O–H groups in total. The highest BCUT2D eigenvalue weighted by molar-refractivity contribution is 6.93. The Hall–Kier alpha value is -0.0231. The van der Waals surface area contributed by atoms with Crippen molar-refractivity contribution in [2.45, 2.75) is 20.8 Å². The smallest absolute Gasteiger partial charge is 0.224 e. The highest BCUT2D eigenvalue weighted by Crippen LogP contribution is 2.11. The third-order valence-corrected chi connectivity index (χ3v) is 1.76. The van der Waals surface area contributed by atoms with Crippen molar-refractivity contribution in [1.29, 1.82) is 0 Å². The molecule has 0 radical (unpaired) electrons. The lowest BCUT2D eigenvalue weighted by Gasteiger charge is -2.15. The van der Waals surface area contributed by atoms with Gasteiger partial charge in [0.1, 0.15) is 0 Å². The number of carbonyl (C=O) groups excluding carboxylic acids is 1. The fourth-order valence-electron chi connectivity index (χ4n) is 0.326. The first kappa shape index (κ1) is 8.98. The van der Waals surface area contributed by atoms with Crippen LogP contribution in [0.25, 0.3) is 0 Å². The molecule has 0 bridgehead atoms. The van der Waals surface area contributed by atoms with Crippen molar-refractivity contribution in [2.75, 3.05) is 0 Å². The van der Waals surface area contributed by atoms with Crippen molar-refractivity contribution in [3.63, 3.8) is 0 Å². The van der Waals surface area contributed by atoms with Gasteiger partial charge in [0, 0.05) is 5.41 Å². The summed E-state index contributed by atoms with van der Waals surface area (Å²) in [6.45, 7) is 5.59.